The third-order valence-corrected chi connectivity index (χ3v) is 4.63. The summed E-state index contributed by atoms with van der Waals surface area (Å²) in [5.74, 6) is 0. The molecule has 0 bridgehead atoms. The Morgan fingerprint density at radius 2 is 2.17 bits per heavy atom. The van der Waals surface area contributed by atoms with Crippen LogP contribution in [0.15, 0.2) is 12.4 Å². The Bertz CT molecular complexity index is 381. The van der Waals surface area contributed by atoms with Crippen LogP contribution >= 0.6 is 0 Å². The fourth-order valence-corrected chi connectivity index (χ4v) is 3.03. The molecule has 0 saturated carbocycles. The number of rotatable bonds is 5. The molecule has 1 aliphatic heterocycles. The molecule has 2 heterocycles. The van der Waals surface area contributed by atoms with Crippen LogP contribution in [0.2, 0.25) is 0 Å². The number of hydrogen-bond acceptors (Lipinski definition) is 3. The Morgan fingerprint density at radius 1 is 1.44 bits per heavy atom. The lowest BCUT2D eigenvalue weighted by atomic mass is 9.82. The first-order chi connectivity index (χ1) is 8.58. The van der Waals surface area contributed by atoms with Crippen molar-refractivity contribution in [2.24, 2.45) is 18.2 Å². The first-order valence-electron chi connectivity index (χ1n) is 7.05. The van der Waals surface area contributed by atoms with E-state index in [0.717, 1.165) is 12.1 Å². The minimum atomic E-state index is 0.0863. The number of nitrogens with zero attached hydrogens (tertiary/aromatic N) is 3. The number of nitrogens with two attached hydrogens (primary N) is 1. The Hall–Kier alpha value is -0.870. The zero-order valence-corrected chi connectivity index (χ0v) is 11.9. The second kappa shape index (κ2) is 5.41. The van der Waals surface area contributed by atoms with Crippen molar-refractivity contribution in [1.82, 2.24) is 14.7 Å². The molecule has 1 atom stereocenters. The molecule has 1 aromatic heterocycles. The summed E-state index contributed by atoms with van der Waals surface area (Å²) in [5, 5.41) is 4.19. The highest BCUT2D eigenvalue weighted by atomic mass is 15.2. The monoisotopic (exact) mass is 250 g/mol. The van der Waals surface area contributed by atoms with Crippen molar-refractivity contribution < 1.29 is 0 Å². The van der Waals surface area contributed by atoms with E-state index in [1.807, 2.05) is 24.1 Å². The van der Waals surface area contributed by atoms with E-state index in [1.165, 1.54) is 32.4 Å². The van der Waals surface area contributed by atoms with Gasteiger partial charge >= 0.3 is 0 Å². The van der Waals surface area contributed by atoms with Gasteiger partial charge in [-0.25, -0.2) is 0 Å². The molecular formula is C14H26N4. The van der Waals surface area contributed by atoms with Crippen molar-refractivity contribution in [3.05, 3.63) is 18.0 Å². The van der Waals surface area contributed by atoms with Gasteiger partial charge in [-0.05, 0) is 31.2 Å². The molecule has 2 N–H and O–H groups in total. The molecule has 0 spiro atoms. The minimum Gasteiger partial charge on any atom is -0.323 e. The lowest BCUT2D eigenvalue weighted by molar-refractivity contribution is 0.233. The van der Waals surface area contributed by atoms with E-state index in [4.69, 9.17) is 5.73 Å². The second-order valence-corrected chi connectivity index (χ2v) is 5.75. The largest absolute Gasteiger partial charge is 0.323 e. The number of hydrogen-bond donors (Lipinski definition) is 1. The maximum atomic E-state index is 6.26. The van der Waals surface area contributed by atoms with Crippen molar-refractivity contribution in [2.45, 2.75) is 39.2 Å². The number of aromatic nitrogens is 2. The second-order valence-electron chi connectivity index (χ2n) is 5.75. The first-order valence-corrected chi connectivity index (χ1v) is 7.05. The van der Waals surface area contributed by atoms with Crippen LogP contribution in [0, 0.1) is 5.41 Å². The van der Waals surface area contributed by atoms with E-state index in [-0.39, 0.29) is 6.04 Å². The maximum Gasteiger partial charge on any atom is 0.0537 e. The van der Waals surface area contributed by atoms with E-state index in [0.29, 0.717) is 5.41 Å². The van der Waals surface area contributed by atoms with Gasteiger partial charge in [0.15, 0.2) is 0 Å². The van der Waals surface area contributed by atoms with Gasteiger partial charge in [-0.3, -0.25) is 4.68 Å². The van der Waals surface area contributed by atoms with Crippen molar-refractivity contribution in [3.8, 4) is 0 Å². The molecule has 4 heteroatoms. The third-order valence-electron chi connectivity index (χ3n) is 4.63. The van der Waals surface area contributed by atoms with Gasteiger partial charge in [-0.1, -0.05) is 13.8 Å². The molecule has 0 radical (unpaired) electrons. The zero-order valence-electron chi connectivity index (χ0n) is 11.9. The molecule has 1 unspecified atom stereocenters. The van der Waals surface area contributed by atoms with Crippen molar-refractivity contribution in [1.29, 1.82) is 0 Å². The third kappa shape index (κ3) is 2.75. The van der Waals surface area contributed by atoms with Crippen LogP contribution in [-0.4, -0.2) is 34.3 Å². The van der Waals surface area contributed by atoms with E-state index >= 15 is 0 Å². The zero-order chi connectivity index (χ0) is 13.2. The van der Waals surface area contributed by atoms with Crippen LogP contribution in [0.5, 0.6) is 0 Å². The summed E-state index contributed by atoms with van der Waals surface area (Å²) in [4.78, 5) is 2.52. The van der Waals surface area contributed by atoms with Crippen molar-refractivity contribution in [3.63, 3.8) is 0 Å². The van der Waals surface area contributed by atoms with E-state index in [9.17, 15) is 0 Å². The molecular weight excluding hydrogens is 224 g/mol. The lowest BCUT2D eigenvalue weighted by Gasteiger charge is -2.27. The van der Waals surface area contributed by atoms with Crippen LogP contribution in [-0.2, 0) is 7.05 Å². The fraction of sp³-hybridized carbons (Fsp3) is 0.786. The van der Waals surface area contributed by atoms with Gasteiger partial charge in [0, 0.05) is 37.9 Å². The van der Waals surface area contributed by atoms with Gasteiger partial charge in [-0.2, -0.15) is 5.10 Å². The van der Waals surface area contributed by atoms with Crippen molar-refractivity contribution in [2.75, 3.05) is 19.6 Å². The van der Waals surface area contributed by atoms with Gasteiger partial charge in [0.25, 0.3) is 0 Å². The Morgan fingerprint density at radius 3 is 2.67 bits per heavy atom. The molecule has 1 saturated heterocycles. The van der Waals surface area contributed by atoms with E-state index < -0.39 is 0 Å². The summed E-state index contributed by atoms with van der Waals surface area (Å²) in [6.07, 6.45) is 7.78. The molecule has 18 heavy (non-hydrogen) atoms. The SMILES string of the molecule is CCC1(CC)CCN(CC(N)c2cnn(C)c2)C1. The normalized spacial score (nSPS) is 21.3. The van der Waals surface area contributed by atoms with Gasteiger partial charge in [0.1, 0.15) is 0 Å². The minimum absolute atomic E-state index is 0.0863. The number of aryl methyl sites for hydroxylation is 1. The maximum absolute atomic E-state index is 6.26. The highest BCUT2D eigenvalue weighted by molar-refractivity contribution is 5.10. The highest BCUT2D eigenvalue weighted by Gasteiger charge is 2.35. The number of likely N-dealkylation sites (tertiary alicyclic amines) is 1. The summed E-state index contributed by atoms with van der Waals surface area (Å²) in [5.41, 5.74) is 7.94. The fourth-order valence-electron chi connectivity index (χ4n) is 3.03. The topological polar surface area (TPSA) is 47.1 Å². The molecule has 0 aromatic carbocycles. The molecule has 1 fully saturated rings. The molecule has 2 rings (SSSR count). The summed E-state index contributed by atoms with van der Waals surface area (Å²) in [6, 6.07) is 0.0863. The lowest BCUT2D eigenvalue weighted by Crippen LogP contribution is -2.32. The van der Waals surface area contributed by atoms with Crippen LogP contribution in [0.1, 0.15) is 44.7 Å². The van der Waals surface area contributed by atoms with Crippen LogP contribution in [0.25, 0.3) is 0 Å². The summed E-state index contributed by atoms with van der Waals surface area (Å²) < 4.78 is 1.82. The standard InChI is InChI=1S/C14H26N4/c1-4-14(5-2)6-7-18(11-14)10-13(15)12-8-16-17(3)9-12/h8-9,13H,4-7,10-11,15H2,1-3H3. The summed E-state index contributed by atoms with van der Waals surface area (Å²) in [6.45, 7) is 7.97. The van der Waals surface area contributed by atoms with Gasteiger partial charge in [-0.15, -0.1) is 0 Å². The molecule has 4 nitrogen and oxygen atoms in total. The average Bonchev–Trinajstić information content (AvgIpc) is 2.96. The van der Waals surface area contributed by atoms with Crippen LogP contribution < -0.4 is 5.73 Å². The first kappa shape index (κ1) is 13.6. The molecule has 1 aromatic rings. The predicted octanol–water partition coefficient (Wildman–Crippen LogP) is 1.93. The van der Waals surface area contributed by atoms with Gasteiger partial charge in [0.05, 0.1) is 6.20 Å². The van der Waals surface area contributed by atoms with Crippen molar-refractivity contribution >= 4 is 0 Å². The summed E-state index contributed by atoms with van der Waals surface area (Å²) in [7, 11) is 1.94. The predicted molar refractivity (Wildman–Crippen MR) is 74.2 cm³/mol. The van der Waals surface area contributed by atoms with E-state index in [2.05, 4.69) is 23.8 Å². The average molecular weight is 250 g/mol. The highest BCUT2D eigenvalue weighted by Crippen LogP contribution is 2.37. The van der Waals surface area contributed by atoms with E-state index in [1.54, 1.807) is 0 Å². The molecule has 0 aliphatic carbocycles. The molecule has 0 amide bonds. The Labute approximate surface area is 110 Å². The summed E-state index contributed by atoms with van der Waals surface area (Å²) >= 11 is 0. The smallest absolute Gasteiger partial charge is 0.0537 e. The van der Waals surface area contributed by atoms with Gasteiger partial charge in [0.2, 0.25) is 0 Å². The van der Waals surface area contributed by atoms with Crippen LogP contribution in [0.4, 0.5) is 0 Å². The Balaban J connectivity index is 1.91. The Kier molecular flexibility index (Phi) is 4.07. The van der Waals surface area contributed by atoms with Gasteiger partial charge < -0.3 is 10.6 Å². The van der Waals surface area contributed by atoms with Crippen LogP contribution in [0.3, 0.4) is 0 Å². The molecule has 102 valence electrons. The quantitative estimate of drug-likeness (QED) is 0.868. The molecule has 1 aliphatic rings.